The lowest BCUT2D eigenvalue weighted by Crippen LogP contribution is -2.48. The van der Waals surface area contributed by atoms with Gasteiger partial charge in [-0.05, 0) is 50.2 Å². The highest BCUT2D eigenvalue weighted by molar-refractivity contribution is 7.98. The van der Waals surface area contributed by atoms with Gasteiger partial charge in [-0.15, -0.1) is 0 Å². The zero-order chi connectivity index (χ0) is 20.6. The molecule has 2 aromatic rings. The summed E-state index contributed by atoms with van der Waals surface area (Å²) in [5.74, 6) is 2.59. The number of carbonyl (C=O) groups is 1. The molecule has 0 spiro atoms. The summed E-state index contributed by atoms with van der Waals surface area (Å²) < 4.78 is 36.3. The molecule has 154 valence electrons. The van der Waals surface area contributed by atoms with Crippen LogP contribution in [0.25, 0.3) is 0 Å². The number of hydrogen-bond donors (Lipinski definition) is 1. The zero-order valence-corrected chi connectivity index (χ0v) is 17.9. The maximum Gasteiger partial charge on any atom is 0.243 e. The van der Waals surface area contributed by atoms with Crippen molar-refractivity contribution < 1.29 is 22.4 Å². The number of nitrogens with one attached hydrogen (secondary N) is 1. The molecule has 0 aliphatic rings. The fourth-order valence-electron chi connectivity index (χ4n) is 2.63. The van der Waals surface area contributed by atoms with Gasteiger partial charge in [0.1, 0.15) is 17.6 Å². The van der Waals surface area contributed by atoms with Crippen molar-refractivity contribution in [3.63, 3.8) is 0 Å². The number of rotatable bonds is 11. The molecule has 1 aromatic heterocycles. The Morgan fingerprint density at radius 1 is 1.29 bits per heavy atom. The zero-order valence-electron chi connectivity index (χ0n) is 16.3. The fraction of sp³-hybridized carbons (Fsp3) is 0.421. The van der Waals surface area contributed by atoms with Crippen molar-refractivity contribution in [1.29, 1.82) is 0 Å². The van der Waals surface area contributed by atoms with E-state index in [9.17, 15) is 13.2 Å². The molecule has 0 unspecified atom stereocenters. The van der Waals surface area contributed by atoms with E-state index in [1.54, 1.807) is 49.2 Å². The summed E-state index contributed by atoms with van der Waals surface area (Å²) in [6.07, 6.45) is 2.71. The van der Waals surface area contributed by atoms with Crippen molar-refractivity contribution in [3.05, 3.63) is 48.4 Å². The van der Waals surface area contributed by atoms with E-state index >= 15 is 0 Å². The molecule has 0 radical (unpaired) electrons. The van der Waals surface area contributed by atoms with Gasteiger partial charge < -0.3 is 14.5 Å². The Bertz CT molecular complexity index is 836. The number of anilines is 1. The van der Waals surface area contributed by atoms with Gasteiger partial charge in [0, 0.05) is 12.3 Å². The number of carbonyl (C=O) groups excluding carboxylic acids is 1. The number of benzene rings is 1. The Morgan fingerprint density at radius 3 is 2.57 bits per heavy atom. The van der Waals surface area contributed by atoms with Crippen LogP contribution in [-0.2, 0) is 20.6 Å². The summed E-state index contributed by atoms with van der Waals surface area (Å²) in [5.41, 5.74) is 0.417. The first kappa shape index (κ1) is 22.2. The number of hydrogen-bond acceptors (Lipinski definition) is 6. The van der Waals surface area contributed by atoms with Crippen molar-refractivity contribution >= 4 is 33.4 Å². The number of sulfonamides is 1. The van der Waals surface area contributed by atoms with Crippen molar-refractivity contribution in [2.24, 2.45) is 0 Å². The van der Waals surface area contributed by atoms with Gasteiger partial charge >= 0.3 is 0 Å². The van der Waals surface area contributed by atoms with Crippen LogP contribution in [0.15, 0.2) is 47.1 Å². The van der Waals surface area contributed by atoms with E-state index in [1.165, 1.54) is 0 Å². The topological polar surface area (TPSA) is 88.8 Å². The predicted molar refractivity (Wildman–Crippen MR) is 112 cm³/mol. The largest absolute Gasteiger partial charge is 0.494 e. The van der Waals surface area contributed by atoms with Crippen LogP contribution in [0.3, 0.4) is 0 Å². The third-order valence-electron chi connectivity index (χ3n) is 3.86. The van der Waals surface area contributed by atoms with Crippen LogP contribution < -0.4 is 14.4 Å². The smallest absolute Gasteiger partial charge is 0.243 e. The summed E-state index contributed by atoms with van der Waals surface area (Å²) in [6.45, 7) is 4.40. The molecule has 0 aliphatic carbocycles. The third kappa shape index (κ3) is 6.49. The highest BCUT2D eigenvalue weighted by Crippen LogP contribution is 2.24. The number of amides is 1. The van der Waals surface area contributed by atoms with E-state index in [-0.39, 0.29) is 5.91 Å². The highest BCUT2D eigenvalue weighted by atomic mass is 32.2. The molecule has 2 rings (SSSR count). The molecule has 0 bridgehead atoms. The molecule has 7 nitrogen and oxygen atoms in total. The first-order valence-electron chi connectivity index (χ1n) is 8.93. The van der Waals surface area contributed by atoms with Crippen molar-refractivity contribution in [2.75, 3.05) is 29.5 Å². The van der Waals surface area contributed by atoms with Gasteiger partial charge in [-0.1, -0.05) is 0 Å². The van der Waals surface area contributed by atoms with Gasteiger partial charge in [-0.2, -0.15) is 11.8 Å². The Labute approximate surface area is 170 Å². The lowest BCUT2D eigenvalue weighted by atomic mass is 10.2. The maximum absolute atomic E-state index is 12.5. The van der Waals surface area contributed by atoms with Crippen LogP contribution >= 0.6 is 11.8 Å². The van der Waals surface area contributed by atoms with Gasteiger partial charge in [0.25, 0.3) is 0 Å². The minimum Gasteiger partial charge on any atom is -0.494 e. The van der Waals surface area contributed by atoms with Gasteiger partial charge in [0.05, 0.1) is 30.6 Å². The summed E-state index contributed by atoms with van der Waals surface area (Å²) in [4.78, 5) is 12.5. The van der Waals surface area contributed by atoms with E-state index in [1.807, 2.05) is 19.1 Å². The van der Waals surface area contributed by atoms with Crippen molar-refractivity contribution in [2.45, 2.75) is 25.6 Å². The molecule has 28 heavy (non-hydrogen) atoms. The number of thioether (sulfide) groups is 1. The number of furan rings is 1. The average molecular weight is 427 g/mol. The van der Waals surface area contributed by atoms with Crippen molar-refractivity contribution in [3.8, 4) is 5.75 Å². The summed E-state index contributed by atoms with van der Waals surface area (Å²) in [7, 11) is -3.64. The first-order valence-corrected chi connectivity index (χ1v) is 11.9. The Kier molecular flexibility index (Phi) is 8.25. The standard InChI is InChI=1S/C19H26N2O5S2/c1-4-25-17-9-7-16(8-10-17)21(28(3,23)24)15(2)19(22)20-11-13-27-14-18-6-5-12-26-18/h5-10,12,15H,4,11,13-14H2,1-3H3,(H,20,22)/t15-/m1/s1. The predicted octanol–water partition coefficient (Wildman–Crippen LogP) is 2.88. The van der Waals surface area contributed by atoms with Crippen LogP contribution in [0.5, 0.6) is 5.75 Å². The molecule has 9 heteroatoms. The van der Waals surface area contributed by atoms with E-state index in [0.717, 1.165) is 22.1 Å². The molecular formula is C19H26N2O5S2. The number of ether oxygens (including phenoxy) is 1. The normalized spacial score (nSPS) is 12.4. The Balaban J connectivity index is 1.93. The Morgan fingerprint density at radius 2 is 2.00 bits per heavy atom. The van der Waals surface area contributed by atoms with E-state index in [2.05, 4.69) is 5.32 Å². The monoisotopic (exact) mass is 426 g/mol. The molecule has 0 saturated carbocycles. The highest BCUT2D eigenvalue weighted by Gasteiger charge is 2.28. The molecule has 0 aliphatic heterocycles. The lowest BCUT2D eigenvalue weighted by Gasteiger charge is -2.28. The maximum atomic E-state index is 12.5. The molecular weight excluding hydrogens is 400 g/mol. The summed E-state index contributed by atoms with van der Waals surface area (Å²) in [6, 6.07) is 9.50. The third-order valence-corrected chi connectivity index (χ3v) is 6.08. The van der Waals surface area contributed by atoms with Crippen LogP contribution in [0.4, 0.5) is 5.69 Å². The van der Waals surface area contributed by atoms with Gasteiger partial charge in [0.2, 0.25) is 15.9 Å². The lowest BCUT2D eigenvalue weighted by molar-refractivity contribution is -0.121. The Hall–Kier alpha value is -2.13. The van der Waals surface area contributed by atoms with E-state index < -0.39 is 16.1 Å². The fourth-order valence-corrected chi connectivity index (χ4v) is 4.56. The molecule has 1 heterocycles. The molecule has 1 amide bonds. The van der Waals surface area contributed by atoms with E-state index in [4.69, 9.17) is 9.15 Å². The second-order valence-electron chi connectivity index (χ2n) is 6.08. The van der Waals surface area contributed by atoms with Crippen LogP contribution in [0.1, 0.15) is 19.6 Å². The minimum atomic E-state index is -3.64. The average Bonchev–Trinajstić information content (AvgIpc) is 3.15. The minimum absolute atomic E-state index is 0.349. The molecule has 1 aromatic carbocycles. The summed E-state index contributed by atoms with van der Waals surface area (Å²) in [5, 5.41) is 2.80. The van der Waals surface area contributed by atoms with Gasteiger partial charge in [-0.25, -0.2) is 8.42 Å². The van der Waals surface area contributed by atoms with Gasteiger partial charge in [0.15, 0.2) is 0 Å². The number of nitrogens with zero attached hydrogens (tertiary/aromatic N) is 1. The molecule has 1 atom stereocenters. The molecule has 0 fully saturated rings. The molecule has 1 N–H and O–H groups in total. The van der Waals surface area contributed by atoms with Crippen LogP contribution in [0.2, 0.25) is 0 Å². The van der Waals surface area contributed by atoms with E-state index in [0.29, 0.717) is 30.3 Å². The quantitative estimate of drug-likeness (QED) is 0.556. The second-order valence-corrected chi connectivity index (χ2v) is 9.05. The van der Waals surface area contributed by atoms with Crippen molar-refractivity contribution in [1.82, 2.24) is 5.32 Å². The van der Waals surface area contributed by atoms with Crippen LogP contribution in [0, 0.1) is 0 Å². The van der Waals surface area contributed by atoms with Gasteiger partial charge in [-0.3, -0.25) is 9.10 Å². The summed E-state index contributed by atoms with van der Waals surface area (Å²) >= 11 is 1.63. The SMILES string of the molecule is CCOc1ccc(N([C@H](C)C(=O)NCCSCc2ccco2)S(C)(=O)=O)cc1. The molecule has 0 saturated heterocycles. The second kappa shape index (κ2) is 10.4. The first-order chi connectivity index (χ1) is 13.3. The van der Waals surface area contributed by atoms with Crippen LogP contribution in [-0.4, -0.2) is 45.5 Å².